The van der Waals surface area contributed by atoms with Crippen LogP contribution in [-0.4, -0.2) is 37.2 Å². The van der Waals surface area contributed by atoms with Crippen molar-refractivity contribution < 1.29 is 4.79 Å². The van der Waals surface area contributed by atoms with Gasteiger partial charge in [-0.05, 0) is 30.7 Å². The van der Waals surface area contributed by atoms with Crippen LogP contribution in [-0.2, 0) is 17.3 Å². The SMILES string of the molecule is CC(Sc1nnc2n(C)c(=O)c3ccccc3n12)C(=O)/C=C1\N(C)c2ccccc2C1(C)C. The van der Waals surface area contributed by atoms with Crippen LogP contribution in [0.5, 0.6) is 0 Å². The number of carbonyl (C=O) groups excluding carboxylic acids is 1. The standard InChI is InChI=1S/C25H25N5O2S/c1-15(20(31)14-21-25(2,3)17-11-7-9-13-19(17)28(21)4)33-24-27-26-23-29(5)22(32)16-10-6-8-12-18(16)30(23)24/h6-15H,1-5H3/b21-14-. The molecule has 0 saturated heterocycles. The first-order valence-electron chi connectivity index (χ1n) is 10.8. The van der Waals surface area contributed by atoms with E-state index in [1.54, 1.807) is 19.2 Å². The number of fused-ring (bicyclic) bond motifs is 4. The molecule has 1 aliphatic heterocycles. The third-order valence-corrected chi connectivity index (χ3v) is 7.56. The lowest BCUT2D eigenvalue weighted by atomic mass is 9.83. The molecule has 1 atom stereocenters. The van der Waals surface area contributed by atoms with Gasteiger partial charge in [0, 0.05) is 37.0 Å². The van der Waals surface area contributed by atoms with Crippen LogP contribution in [0, 0.1) is 0 Å². The fraction of sp³-hybridized carbons (Fsp3) is 0.280. The number of aryl methyl sites for hydroxylation is 1. The Morgan fingerprint density at radius 1 is 1.06 bits per heavy atom. The summed E-state index contributed by atoms with van der Waals surface area (Å²) in [5.74, 6) is 0.458. The molecule has 3 heterocycles. The molecule has 0 saturated carbocycles. The summed E-state index contributed by atoms with van der Waals surface area (Å²) in [7, 11) is 3.69. The first-order chi connectivity index (χ1) is 15.7. The zero-order chi connectivity index (χ0) is 23.5. The second-order valence-electron chi connectivity index (χ2n) is 8.89. The molecule has 0 fully saturated rings. The number of rotatable bonds is 4. The third-order valence-electron chi connectivity index (χ3n) is 6.50. The molecular weight excluding hydrogens is 434 g/mol. The zero-order valence-electron chi connectivity index (χ0n) is 19.2. The van der Waals surface area contributed by atoms with E-state index in [-0.39, 0.29) is 22.0 Å². The Kier molecular flexibility index (Phi) is 4.93. The number of anilines is 1. The molecule has 7 nitrogen and oxygen atoms in total. The molecule has 8 heteroatoms. The van der Waals surface area contributed by atoms with Crippen LogP contribution in [0.4, 0.5) is 5.69 Å². The number of benzene rings is 2. The van der Waals surface area contributed by atoms with Crippen molar-refractivity contribution in [2.75, 3.05) is 11.9 Å². The molecule has 0 aliphatic carbocycles. The van der Waals surface area contributed by atoms with Crippen molar-refractivity contribution in [1.29, 1.82) is 0 Å². The van der Waals surface area contributed by atoms with Crippen LogP contribution >= 0.6 is 11.8 Å². The van der Waals surface area contributed by atoms with E-state index in [1.165, 1.54) is 21.9 Å². The van der Waals surface area contributed by atoms with Crippen molar-refractivity contribution in [3.63, 3.8) is 0 Å². The maximum absolute atomic E-state index is 13.3. The van der Waals surface area contributed by atoms with Gasteiger partial charge in [-0.2, -0.15) is 0 Å². The van der Waals surface area contributed by atoms with Gasteiger partial charge in [0.15, 0.2) is 10.9 Å². The fourth-order valence-corrected chi connectivity index (χ4v) is 5.49. The molecule has 2 aromatic carbocycles. The van der Waals surface area contributed by atoms with Gasteiger partial charge in [0.05, 0.1) is 16.2 Å². The molecule has 168 valence electrons. The van der Waals surface area contributed by atoms with Crippen molar-refractivity contribution in [2.45, 2.75) is 36.6 Å². The largest absolute Gasteiger partial charge is 0.347 e. The minimum absolute atomic E-state index is 0.00797. The zero-order valence-corrected chi connectivity index (χ0v) is 20.1. The molecule has 0 bridgehead atoms. The molecule has 0 N–H and O–H groups in total. The highest BCUT2D eigenvalue weighted by Gasteiger charge is 2.38. The summed E-state index contributed by atoms with van der Waals surface area (Å²) in [5, 5.41) is 9.32. The highest BCUT2D eigenvalue weighted by Crippen LogP contribution is 2.46. The normalized spacial score (nSPS) is 17.1. The van der Waals surface area contributed by atoms with Gasteiger partial charge in [0.1, 0.15) is 0 Å². The van der Waals surface area contributed by atoms with Crippen LogP contribution in [0.1, 0.15) is 26.3 Å². The number of carbonyl (C=O) groups is 1. The maximum atomic E-state index is 13.3. The number of para-hydroxylation sites is 2. The minimum atomic E-state index is -0.381. The van der Waals surface area contributed by atoms with Crippen molar-refractivity contribution in [3.8, 4) is 0 Å². The summed E-state index contributed by atoms with van der Waals surface area (Å²) < 4.78 is 3.33. The van der Waals surface area contributed by atoms with E-state index in [9.17, 15) is 9.59 Å². The first-order valence-corrected chi connectivity index (χ1v) is 11.7. The third kappa shape index (κ3) is 3.20. The quantitative estimate of drug-likeness (QED) is 0.340. The number of ketones is 1. The number of aromatic nitrogens is 4. The molecule has 2 aromatic heterocycles. The molecule has 0 radical (unpaired) electrons. The molecule has 1 aliphatic rings. The lowest BCUT2D eigenvalue weighted by molar-refractivity contribution is -0.114. The number of thioether (sulfide) groups is 1. The molecule has 1 unspecified atom stereocenters. The summed E-state index contributed by atoms with van der Waals surface area (Å²) in [6.07, 6.45) is 1.76. The van der Waals surface area contributed by atoms with E-state index < -0.39 is 0 Å². The number of likely N-dealkylation sites (N-methyl/N-ethyl adjacent to an activating group) is 1. The number of hydrogen-bond acceptors (Lipinski definition) is 6. The lowest BCUT2D eigenvalue weighted by Gasteiger charge is -2.24. The van der Waals surface area contributed by atoms with Crippen LogP contribution in [0.25, 0.3) is 16.7 Å². The highest BCUT2D eigenvalue weighted by molar-refractivity contribution is 8.00. The molecule has 33 heavy (non-hydrogen) atoms. The van der Waals surface area contributed by atoms with E-state index in [1.807, 2.05) is 48.7 Å². The average molecular weight is 460 g/mol. The second-order valence-corrected chi connectivity index (χ2v) is 10.2. The summed E-state index contributed by atoms with van der Waals surface area (Å²) in [4.78, 5) is 28.1. The molecule has 0 spiro atoms. The lowest BCUT2D eigenvalue weighted by Crippen LogP contribution is -2.25. The van der Waals surface area contributed by atoms with Crippen LogP contribution in [0.2, 0.25) is 0 Å². The van der Waals surface area contributed by atoms with Gasteiger partial charge in [-0.15, -0.1) is 10.2 Å². The first kappa shape index (κ1) is 21.5. The Hall–Kier alpha value is -3.39. The van der Waals surface area contributed by atoms with Gasteiger partial charge in [-0.1, -0.05) is 55.9 Å². The summed E-state index contributed by atoms with van der Waals surface area (Å²) in [6, 6.07) is 15.6. The molecule has 0 amide bonds. The van der Waals surface area contributed by atoms with Gasteiger partial charge < -0.3 is 4.90 Å². The summed E-state index contributed by atoms with van der Waals surface area (Å²) >= 11 is 1.35. The Balaban J connectivity index is 1.51. The van der Waals surface area contributed by atoms with Crippen molar-refractivity contribution >= 4 is 39.9 Å². The summed E-state index contributed by atoms with van der Waals surface area (Å²) in [5.41, 5.74) is 3.65. The molecule has 5 rings (SSSR count). The maximum Gasteiger partial charge on any atom is 0.262 e. The highest BCUT2D eigenvalue weighted by atomic mass is 32.2. The van der Waals surface area contributed by atoms with Gasteiger partial charge in [-0.25, -0.2) is 0 Å². The number of hydrogen-bond donors (Lipinski definition) is 0. The Bertz CT molecular complexity index is 1510. The van der Waals surface area contributed by atoms with E-state index in [0.717, 1.165) is 16.9 Å². The minimum Gasteiger partial charge on any atom is -0.347 e. The molecular formula is C25H25N5O2S. The fourth-order valence-electron chi connectivity index (χ4n) is 4.61. The van der Waals surface area contributed by atoms with Crippen molar-refractivity contribution in [3.05, 3.63) is 76.2 Å². The predicted molar refractivity (Wildman–Crippen MR) is 132 cm³/mol. The summed E-state index contributed by atoms with van der Waals surface area (Å²) in [6.45, 7) is 6.17. The van der Waals surface area contributed by atoms with Crippen LogP contribution in [0.3, 0.4) is 0 Å². The topological polar surface area (TPSA) is 72.5 Å². The van der Waals surface area contributed by atoms with Gasteiger partial charge in [0.2, 0.25) is 5.78 Å². The predicted octanol–water partition coefficient (Wildman–Crippen LogP) is 3.94. The van der Waals surface area contributed by atoms with Crippen molar-refractivity contribution in [1.82, 2.24) is 19.2 Å². The van der Waals surface area contributed by atoms with E-state index in [4.69, 9.17) is 0 Å². The van der Waals surface area contributed by atoms with Gasteiger partial charge in [-0.3, -0.25) is 18.6 Å². The van der Waals surface area contributed by atoms with Crippen molar-refractivity contribution in [2.24, 2.45) is 7.05 Å². The number of allylic oxidation sites excluding steroid dienone is 2. The van der Waals surface area contributed by atoms with Crippen LogP contribution in [0.15, 0.2) is 70.3 Å². The Morgan fingerprint density at radius 2 is 1.76 bits per heavy atom. The Morgan fingerprint density at radius 3 is 2.52 bits per heavy atom. The van der Waals surface area contributed by atoms with E-state index in [0.29, 0.717) is 16.3 Å². The van der Waals surface area contributed by atoms with E-state index >= 15 is 0 Å². The Labute approximate surface area is 195 Å². The smallest absolute Gasteiger partial charge is 0.262 e. The average Bonchev–Trinajstić information content (AvgIpc) is 3.31. The molecule has 4 aromatic rings. The van der Waals surface area contributed by atoms with E-state index in [2.05, 4.69) is 41.1 Å². The van der Waals surface area contributed by atoms with Gasteiger partial charge >= 0.3 is 0 Å². The number of nitrogens with zero attached hydrogens (tertiary/aromatic N) is 5. The van der Waals surface area contributed by atoms with Gasteiger partial charge in [0.25, 0.3) is 5.56 Å². The second kappa shape index (κ2) is 7.59. The monoisotopic (exact) mass is 459 g/mol. The van der Waals surface area contributed by atoms with Crippen LogP contribution < -0.4 is 10.5 Å².